The molecule has 2 aromatic carbocycles. The zero-order chi connectivity index (χ0) is 26.2. The van der Waals surface area contributed by atoms with Crippen LogP contribution in [-0.2, 0) is 12.8 Å². The maximum Gasteiger partial charge on any atom is 0.487 e. The van der Waals surface area contributed by atoms with Crippen molar-refractivity contribution in [2.24, 2.45) is 11.8 Å². The summed E-state index contributed by atoms with van der Waals surface area (Å²) in [5, 5.41) is 0.452. The lowest BCUT2D eigenvalue weighted by Gasteiger charge is -2.17. The number of hydrogen-bond acceptors (Lipinski definition) is 3. The van der Waals surface area contributed by atoms with E-state index in [4.69, 9.17) is 4.52 Å². The van der Waals surface area contributed by atoms with E-state index in [-0.39, 0.29) is 0 Å². The summed E-state index contributed by atoms with van der Waals surface area (Å²) in [4.78, 5) is 21.7. The van der Waals surface area contributed by atoms with E-state index in [9.17, 15) is 9.79 Å². The predicted octanol–water partition coefficient (Wildman–Crippen LogP) is 9.22. The normalized spacial score (nSPS) is 12.0. The van der Waals surface area contributed by atoms with Gasteiger partial charge in [-0.3, -0.25) is 4.52 Å². The van der Waals surface area contributed by atoms with Gasteiger partial charge in [0.2, 0.25) is 0 Å². The van der Waals surface area contributed by atoms with E-state index in [1.165, 1.54) is 81.8 Å². The number of rotatable bonds is 19. The van der Waals surface area contributed by atoms with Gasteiger partial charge in [-0.15, -0.1) is 0 Å². The molecule has 2 rings (SSSR count). The summed E-state index contributed by atoms with van der Waals surface area (Å²) in [6, 6.07) is 15.1. The van der Waals surface area contributed by atoms with Crippen molar-refractivity contribution in [3.63, 3.8) is 0 Å². The van der Waals surface area contributed by atoms with Crippen molar-refractivity contribution < 1.29 is 14.3 Å². The van der Waals surface area contributed by atoms with Crippen molar-refractivity contribution in [1.29, 1.82) is 0 Å². The summed E-state index contributed by atoms with van der Waals surface area (Å²) in [5.41, 5.74) is 2.48. The summed E-state index contributed by atoms with van der Waals surface area (Å²) >= 11 is 0. The number of hydrogen-bond donors (Lipinski definition) is 2. The summed E-state index contributed by atoms with van der Waals surface area (Å²) in [6.45, 7) is 9.20. The lowest BCUT2D eigenvalue weighted by atomic mass is 9.95. The molecule has 0 heterocycles. The first-order chi connectivity index (χ1) is 17.3. The van der Waals surface area contributed by atoms with Crippen molar-refractivity contribution in [1.82, 2.24) is 0 Å². The molecule has 0 saturated heterocycles. The van der Waals surface area contributed by atoms with Crippen LogP contribution in [0.1, 0.15) is 116 Å². The smallest absolute Gasteiger partial charge is 0.281 e. The van der Waals surface area contributed by atoms with Crippen LogP contribution in [0.2, 0.25) is 0 Å². The summed E-state index contributed by atoms with van der Waals surface area (Å²) in [5.74, 6) is 2.23. The Bertz CT molecular complexity index is 833. The molecule has 2 N–H and O–H groups in total. The molecular weight excluding hydrogens is 463 g/mol. The molecular formula is C32H52O3P+. The molecule has 202 valence electrons. The molecule has 0 aliphatic carbocycles. The first-order valence-electron chi connectivity index (χ1n) is 14.5. The van der Waals surface area contributed by atoms with Crippen molar-refractivity contribution in [3.8, 4) is 5.75 Å². The Hall–Kier alpha value is -1.41. The average molecular weight is 516 g/mol. The van der Waals surface area contributed by atoms with Crippen molar-refractivity contribution in [2.75, 3.05) is 0 Å². The highest BCUT2D eigenvalue weighted by Gasteiger charge is 2.41. The summed E-state index contributed by atoms with van der Waals surface area (Å²) in [7, 11) is -3.68. The molecule has 0 spiro atoms. The van der Waals surface area contributed by atoms with Gasteiger partial charge >= 0.3 is 7.94 Å². The van der Waals surface area contributed by atoms with Gasteiger partial charge in [0.25, 0.3) is 0 Å². The van der Waals surface area contributed by atoms with Gasteiger partial charge in [-0.25, -0.2) is 0 Å². The quantitative estimate of drug-likeness (QED) is 0.145. The minimum atomic E-state index is -3.68. The molecule has 3 nitrogen and oxygen atoms in total. The first-order valence-corrected chi connectivity index (χ1v) is 16.1. The van der Waals surface area contributed by atoms with Gasteiger partial charge < -0.3 is 0 Å². The fraction of sp³-hybridized carbons (Fsp3) is 0.625. The zero-order valence-corrected chi connectivity index (χ0v) is 24.3. The van der Waals surface area contributed by atoms with Crippen LogP contribution < -0.4 is 9.83 Å². The van der Waals surface area contributed by atoms with Gasteiger partial charge in [-0.1, -0.05) is 122 Å². The van der Waals surface area contributed by atoms with Crippen LogP contribution in [0.25, 0.3) is 0 Å². The standard InChI is InChI=1S/C32H52O3P/c1-27(2)19-12-7-5-9-14-21-29-22-18-26-32(35-36(33,34)30-23-15-11-16-24-30)31(29)25-17-10-6-8-13-20-28(3)4/h11,15-16,18,22-24,26-28,33-34H,5-10,12-14,17,19-21,25H2,1-4H3/q+1. The molecule has 0 amide bonds. The molecule has 0 atom stereocenters. The Morgan fingerprint density at radius 2 is 1.14 bits per heavy atom. The van der Waals surface area contributed by atoms with Gasteiger partial charge in [0.05, 0.1) is 0 Å². The molecule has 0 aliphatic heterocycles. The van der Waals surface area contributed by atoms with E-state index in [1.54, 1.807) is 12.1 Å². The van der Waals surface area contributed by atoms with Crippen LogP contribution in [0, 0.1) is 11.8 Å². The second-order valence-corrected chi connectivity index (χ2v) is 13.1. The van der Waals surface area contributed by atoms with Crippen molar-refractivity contribution >= 4 is 13.2 Å². The number of unbranched alkanes of at least 4 members (excludes halogenated alkanes) is 8. The molecule has 2 aromatic rings. The minimum absolute atomic E-state index is 0.452. The van der Waals surface area contributed by atoms with E-state index >= 15 is 0 Å². The van der Waals surface area contributed by atoms with Crippen LogP contribution in [0.15, 0.2) is 48.5 Å². The highest BCUT2D eigenvalue weighted by molar-refractivity contribution is 7.68. The van der Waals surface area contributed by atoms with Crippen LogP contribution >= 0.6 is 7.94 Å². The average Bonchev–Trinajstić information content (AvgIpc) is 2.84. The Kier molecular flexibility index (Phi) is 14.7. The van der Waals surface area contributed by atoms with Gasteiger partial charge in [0.1, 0.15) is 0 Å². The van der Waals surface area contributed by atoms with E-state index < -0.39 is 7.94 Å². The van der Waals surface area contributed by atoms with E-state index in [0.29, 0.717) is 11.1 Å². The largest absolute Gasteiger partial charge is 0.487 e. The van der Waals surface area contributed by atoms with Crippen LogP contribution in [0.3, 0.4) is 0 Å². The molecule has 4 heteroatoms. The third-order valence-corrected chi connectivity index (χ3v) is 8.41. The van der Waals surface area contributed by atoms with Crippen molar-refractivity contribution in [2.45, 2.75) is 118 Å². The monoisotopic (exact) mass is 515 g/mol. The topological polar surface area (TPSA) is 49.7 Å². The van der Waals surface area contributed by atoms with E-state index in [2.05, 4.69) is 33.8 Å². The molecule has 0 unspecified atom stereocenters. The molecule has 36 heavy (non-hydrogen) atoms. The minimum Gasteiger partial charge on any atom is -0.281 e. The van der Waals surface area contributed by atoms with E-state index in [1.807, 2.05) is 30.3 Å². The second kappa shape index (κ2) is 17.2. The van der Waals surface area contributed by atoms with Crippen LogP contribution in [0.5, 0.6) is 5.75 Å². The third kappa shape index (κ3) is 12.2. The highest BCUT2D eigenvalue weighted by atomic mass is 31.2. The predicted molar refractivity (Wildman–Crippen MR) is 157 cm³/mol. The third-order valence-electron chi connectivity index (χ3n) is 6.98. The Labute approximate surface area is 222 Å². The van der Waals surface area contributed by atoms with Gasteiger partial charge in [0.15, 0.2) is 11.1 Å². The van der Waals surface area contributed by atoms with E-state index in [0.717, 1.165) is 31.1 Å². The molecule has 0 fully saturated rings. The molecule has 0 radical (unpaired) electrons. The second-order valence-electron chi connectivity index (χ2n) is 11.3. The fourth-order valence-corrected chi connectivity index (χ4v) is 5.92. The lowest BCUT2D eigenvalue weighted by Crippen LogP contribution is -2.16. The summed E-state index contributed by atoms with van der Waals surface area (Å²) in [6.07, 6.45) is 17.2. The Morgan fingerprint density at radius 3 is 1.72 bits per heavy atom. The molecule has 0 aromatic heterocycles. The Morgan fingerprint density at radius 1 is 0.611 bits per heavy atom. The molecule has 0 saturated carbocycles. The van der Waals surface area contributed by atoms with Gasteiger partial charge in [-0.05, 0) is 61.3 Å². The first kappa shape index (κ1) is 30.8. The lowest BCUT2D eigenvalue weighted by molar-refractivity contribution is 0.352. The van der Waals surface area contributed by atoms with Crippen LogP contribution in [-0.4, -0.2) is 9.79 Å². The summed E-state index contributed by atoms with van der Waals surface area (Å²) < 4.78 is 5.99. The van der Waals surface area contributed by atoms with Gasteiger partial charge in [-0.2, -0.15) is 9.79 Å². The molecule has 0 aliphatic rings. The number of aryl methyl sites for hydroxylation is 1. The number of benzene rings is 2. The van der Waals surface area contributed by atoms with Gasteiger partial charge in [0, 0.05) is 5.56 Å². The maximum absolute atomic E-state index is 10.8. The zero-order valence-electron chi connectivity index (χ0n) is 23.4. The highest BCUT2D eigenvalue weighted by Crippen LogP contribution is 2.51. The molecule has 0 bridgehead atoms. The van der Waals surface area contributed by atoms with Crippen molar-refractivity contribution in [3.05, 3.63) is 59.7 Å². The SMILES string of the molecule is CC(C)CCCCCCCc1cccc(O[P+](O)(O)c2ccccc2)c1CCCCCCCC(C)C. The Balaban J connectivity index is 2.00. The maximum atomic E-state index is 10.8. The van der Waals surface area contributed by atoms with Crippen LogP contribution in [0.4, 0.5) is 0 Å². The fourth-order valence-electron chi connectivity index (χ4n) is 4.81.